The molecule has 0 aromatic carbocycles. The van der Waals surface area contributed by atoms with Gasteiger partial charge in [-0.2, -0.15) is 0 Å². The lowest BCUT2D eigenvalue weighted by Crippen LogP contribution is -2.14. The molecule has 1 saturated heterocycles. The molecule has 0 saturated carbocycles. The van der Waals surface area contributed by atoms with Gasteiger partial charge in [-0.05, 0) is 19.3 Å². The summed E-state index contributed by atoms with van der Waals surface area (Å²) in [5.41, 5.74) is 0. The standard InChI is InChI=1S/C8H15O2/c1-2-5-9-7-8-4-3-6-10-8/h8H,1-7H2. The largest absolute Gasteiger partial charge is 0.379 e. The van der Waals surface area contributed by atoms with E-state index in [1.807, 2.05) is 0 Å². The van der Waals surface area contributed by atoms with Crippen molar-refractivity contribution >= 4 is 0 Å². The molecule has 1 aliphatic heterocycles. The molecule has 1 radical (unpaired) electrons. The van der Waals surface area contributed by atoms with Crippen LogP contribution in [0.4, 0.5) is 0 Å². The first-order valence-electron chi connectivity index (χ1n) is 3.92. The molecule has 0 spiro atoms. The lowest BCUT2D eigenvalue weighted by atomic mass is 10.2. The topological polar surface area (TPSA) is 18.5 Å². The third kappa shape index (κ3) is 2.67. The molecular weight excluding hydrogens is 128 g/mol. The minimum Gasteiger partial charge on any atom is -0.379 e. The van der Waals surface area contributed by atoms with E-state index in [1.165, 1.54) is 6.42 Å². The molecule has 0 aromatic heterocycles. The van der Waals surface area contributed by atoms with Gasteiger partial charge in [0.05, 0.1) is 12.7 Å². The summed E-state index contributed by atoms with van der Waals surface area (Å²) in [6.45, 7) is 6.12. The quantitative estimate of drug-likeness (QED) is 0.554. The van der Waals surface area contributed by atoms with E-state index in [0.717, 1.165) is 32.7 Å². The van der Waals surface area contributed by atoms with Crippen LogP contribution in [0.2, 0.25) is 0 Å². The van der Waals surface area contributed by atoms with E-state index >= 15 is 0 Å². The Balaban J connectivity index is 1.91. The Kier molecular flexibility index (Phi) is 3.76. The summed E-state index contributed by atoms with van der Waals surface area (Å²) in [6, 6.07) is 0. The molecule has 1 unspecified atom stereocenters. The van der Waals surface area contributed by atoms with E-state index in [-0.39, 0.29) is 0 Å². The Bertz CT molecular complexity index is 77.3. The van der Waals surface area contributed by atoms with Gasteiger partial charge >= 0.3 is 0 Å². The van der Waals surface area contributed by atoms with E-state index in [0.29, 0.717) is 6.10 Å². The van der Waals surface area contributed by atoms with Gasteiger partial charge < -0.3 is 9.47 Å². The fourth-order valence-electron chi connectivity index (χ4n) is 1.09. The van der Waals surface area contributed by atoms with Crippen LogP contribution < -0.4 is 0 Å². The summed E-state index contributed by atoms with van der Waals surface area (Å²) >= 11 is 0. The van der Waals surface area contributed by atoms with Crippen molar-refractivity contribution < 1.29 is 9.47 Å². The van der Waals surface area contributed by atoms with Crippen LogP contribution in [0, 0.1) is 6.92 Å². The number of rotatable bonds is 4. The van der Waals surface area contributed by atoms with Crippen LogP contribution in [0.25, 0.3) is 0 Å². The van der Waals surface area contributed by atoms with Gasteiger partial charge in [-0.1, -0.05) is 6.92 Å². The summed E-state index contributed by atoms with van der Waals surface area (Å²) in [4.78, 5) is 0. The monoisotopic (exact) mass is 143 g/mol. The van der Waals surface area contributed by atoms with Crippen molar-refractivity contribution in [2.75, 3.05) is 19.8 Å². The molecule has 1 aliphatic rings. The van der Waals surface area contributed by atoms with Crippen LogP contribution >= 0.6 is 0 Å². The van der Waals surface area contributed by atoms with Crippen molar-refractivity contribution in [3.8, 4) is 0 Å². The van der Waals surface area contributed by atoms with Crippen LogP contribution in [0.3, 0.4) is 0 Å². The van der Waals surface area contributed by atoms with Gasteiger partial charge in [0.15, 0.2) is 0 Å². The molecule has 1 heterocycles. The summed E-state index contributed by atoms with van der Waals surface area (Å²) < 4.78 is 10.6. The minimum atomic E-state index is 0.367. The molecule has 0 amide bonds. The molecule has 1 atom stereocenters. The molecular formula is C8H15O2. The molecule has 0 bridgehead atoms. The maximum atomic E-state index is 5.35. The fourth-order valence-corrected chi connectivity index (χ4v) is 1.09. The van der Waals surface area contributed by atoms with Crippen molar-refractivity contribution in [1.29, 1.82) is 0 Å². The predicted octanol–water partition coefficient (Wildman–Crippen LogP) is 1.41. The first-order valence-corrected chi connectivity index (χ1v) is 3.92. The SMILES string of the molecule is [CH2]CCOCC1CCCO1. The zero-order valence-electron chi connectivity index (χ0n) is 6.34. The van der Waals surface area contributed by atoms with Crippen molar-refractivity contribution in [3.63, 3.8) is 0 Å². The molecule has 0 aromatic rings. The second-order valence-electron chi connectivity index (χ2n) is 2.56. The summed E-state index contributed by atoms with van der Waals surface area (Å²) in [5, 5.41) is 0. The number of hydrogen-bond donors (Lipinski definition) is 0. The average Bonchev–Trinajstić information content (AvgIpc) is 2.41. The summed E-state index contributed by atoms with van der Waals surface area (Å²) in [6.07, 6.45) is 3.58. The molecule has 0 N–H and O–H groups in total. The highest BCUT2D eigenvalue weighted by atomic mass is 16.5. The van der Waals surface area contributed by atoms with Crippen LogP contribution in [-0.4, -0.2) is 25.9 Å². The zero-order valence-corrected chi connectivity index (χ0v) is 6.34. The summed E-state index contributed by atoms with van der Waals surface area (Å²) in [5.74, 6) is 0. The van der Waals surface area contributed by atoms with E-state index in [2.05, 4.69) is 6.92 Å². The lowest BCUT2D eigenvalue weighted by molar-refractivity contribution is 0.0186. The average molecular weight is 143 g/mol. The Morgan fingerprint density at radius 3 is 3.10 bits per heavy atom. The molecule has 2 heteroatoms. The minimum absolute atomic E-state index is 0.367. The maximum Gasteiger partial charge on any atom is 0.0809 e. The van der Waals surface area contributed by atoms with Gasteiger partial charge in [-0.25, -0.2) is 0 Å². The highest BCUT2D eigenvalue weighted by Gasteiger charge is 2.14. The third-order valence-electron chi connectivity index (χ3n) is 1.62. The van der Waals surface area contributed by atoms with Crippen LogP contribution in [0.15, 0.2) is 0 Å². The van der Waals surface area contributed by atoms with E-state index < -0.39 is 0 Å². The van der Waals surface area contributed by atoms with Gasteiger partial charge in [0, 0.05) is 13.2 Å². The van der Waals surface area contributed by atoms with Crippen molar-refractivity contribution in [2.24, 2.45) is 0 Å². The highest BCUT2D eigenvalue weighted by molar-refractivity contribution is 4.63. The first kappa shape index (κ1) is 8.02. The second kappa shape index (κ2) is 4.69. The van der Waals surface area contributed by atoms with Gasteiger partial charge in [0.1, 0.15) is 0 Å². The smallest absolute Gasteiger partial charge is 0.0809 e. The molecule has 10 heavy (non-hydrogen) atoms. The normalized spacial score (nSPS) is 25.5. The van der Waals surface area contributed by atoms with Crippen LogP contribution in [-0.2, 0) is 9.47 Å². The van der Waals surface area contributed by atoms with E-state index in [1.54, 1.807) is 0 Å². The highest BCUT2D eigenvalue weighted by Crippen LogP contribution is 2.11. The maximum absolute atomic E-state index is 5.35. The van der Waals surface area contributed by atoms with Gasteiger partial charge in [0.25, 0.3) is 0 Å². The number of hydrogen-bond acceptors (Lipinski definition) is 2. The third-order valence-corrected chi connectivity index (χ3v) is 1.62. The Labute approximate surface area is 62.5 Å². The van der Waals surface area contributed by atoms with Crippen molar-refractivity contribution in [1.82, 2.24) is 0 Å². The van der Waals surface area contributed by atoms with Gasteiger partial charge in [0.2, 0.25) is 0 Å². The fraction of sp³-hybridized carbons (Fsp3) is 0.875. The Hall–Kier alpha value is -0.0800. The zero-order chi connectivity index (χ0) is 7.23. The summed E-state index contributed by atoms with van der Waals surface area (Å²) in [7, 11) is 0. The molecule has 1 fully saturated rings. The van der Waals surface area contributed by atoms with Crippen molar-refractivity contribution in [3.05, 3.63) is 6.92 Å². The van der Waals surface area contributed by atoms with E-state index in [9.17, 15) is 0 Å². The van der Waals surface area contributed by atoms with Crippen LogP contribution in [0.1, 0.15) is 19.3 Å². The first-order chi connectivity index (χ1) is 4.93. The molecule has 1 rings (SSSR count). The second-order valence-corrected chi connectivity index (χ2v) is 2.56. The van der Waals surface area contributed by atoms with Gasteiger partial charge in [-0.3, -0.25) is 0 Å². The predicted molar refractivity (Wildman–Crippen MR) is 39.8 cm³/mol. The molecule has 59 valence electrons. The van der Waals surface area contributed by atoms with E-state index in [4.69, 9.17) is 9.47 Å². The molecule has 2 nitrogen and oxygen atoms in total. The number of ether oxygens (including phenoxy) is 2. The van der Waals surface area contributed by atoms with Crippen LogP contribution in [0.5, 0.6) is 0 Å². The lowest BCUT2D eigenvalue weighted by Gasteiger charge is -2.08. The van der Waals surface area contributed by atoms with Crippen molar-refractivity contribution in [2.45, 2.75) is 25.4 Å². The Morgan fingerprint density at radius 2 is 2.50 bits per heavy atom. The Morgan fingerprint density at radius 1 is 1.60 bits per heavy atom. The molecule has 0 aliphatic carbocycles. The van der Waals surface area contributed by atoms with Gasteiger partial charge in [-0.15, -0.1) is 0 Å².